The Morgan fingerprint density at radius 3 is 2.17 bits per heavy atom. The first kappa shape index (κ1) is 19.6. The van der Waals surface area contributed by atoms with Crippen molar-refractivity contribution in [2.75, 3.05) is 18.4 Å². The van der Waals surface area contributed by atoms with Crippen molar-refractivity contribution in [3.05, 3.63) is 23.8 Å². The van der Waals surface area contributed by atoms with Crippen molar-refractivity contribution in [3.8, 4) is 0 Å². The topological polar surface area (TPSA) is 66.5 Å². The molecule has 0 aliphatic rings. The van der Waals surface area contributed by atoms with Crippen LogP contribution in [0.2, 0.25) is 0 Å². The van der Waals surface area contributed by atoms with Gasteiger partial charge in [-0.3, -0.25) is 4.79 Å². The van der Waals surface area contributed by atoms with Gasteiger partial charge in [0, 0.05) is 24.7 Å². The number of aryl methyl sites for hydroxylation is 1. The van der Waals surface area contributed by atoms with Gasteiger partial charge in [0.25, 0.3) is 0 Å². The van der Waals surface area contributed by atoms with Crippen LogP contribution in [0.4, 0.5) is 5.69 Å². The van der Waals surface area contributed by atoms with Gasteiger partial charge in [-0.2, -0.15) is 4.31 Å². The monoisotopic (exact) mass is 340 g/mol. The Kier molecular flexibility index (Phi) is 7.22. The molecule has 6 heteroatoms. The van der Waals surface area contributed by atoms with Crippen molar-refractivity contribution in [2.45, 2.75) is 52.4 Å². The van der Waals surface area contributed by atoms with Gasteiger partial charge in [0.2, 0.25) is 15.9 Å². The number of amides is 1. The zero-order valence-corrected chi connectivity index (χ0v) is 15.5. The summed E-state index contributed by atoms with van der Waals surface area (Å²) >= 11 is 0. The van der Waals surface area contributed by atoms with Crippen molar-refractivity contribution in [1.82, 2.24) is 4.31 Å². The summed E-state index contributed by atoms with van der Waals surface area (Å²) < 4.78 is 26.8. The number of rotatable bonds is 8. The number of carbonyl (C=O) groups is 1. The number of benzene rings is 1. The van der Waals surface area contributed by atoms with E-state index < -0.39 is 10.0 Å². The molecule has 0 bridgehead atoms. The molecule has 0 fully saturated rings. The Bertz CT molecular complexity index is 633. The molecule has 23 heavy (non-hydrogen) atoms. The zero-order chi connectivity index (χ0) is 17.6. The molecule has 0 spiro atoms. The Hall–Kier alpha value is -1.40. The van der Waals surface area contributed by atoms with E-state index in [1.807, 2.05) is 27.7 Å². The van der Waals surface area contributed by atoms with E-state index in [1.54, 1.807) is 25.1 Å². The molecular formula is C17H28N2O3S. The Balaban J connectivity index is 3.16. The van der Waals surface area contributed by atoms with Crippen LogP contribution in [0.15, 0.2) is 23.1 Å². The zero-order valence-electron chi connectivity index (χ0n) is 14.7. The SMILES string of the molecule is CCC(CC)C(=O)Nc1ccc(C)c(S(=O)(=O)N(CC)CC)c1. The first-order valence-corrected chi connectivity index (χ1v) is 9.67. The summed E-state index contributed by atoms with van der Waals surface area (Å²) in [5.74, 6) is -0.121. The number of anilines is 1. The minimum atomic E-state index is -3.54. The van der Waals surface area contributed by atoms with Crippen LogP contribution in [-0.4, -0.2) is 31.7 Å². The maximum Gasteiger partial charge on any atom is 0.243 e. The largest absolute Gasteiger partial charge is 0.326 e. The maximum absolute atomic E-state index is 12.7. The lowest BCUT2D eigenvalue weighted by Gasteiger charge is -2.20. The number of hydrogen-bond donors (Lipinski definition) is 1. The fourth-order valence-corrected chi connectivity index (χ4v) is 4.27. The third-order valence-electron chi connectivity index (χ3n) is 4.14. The second-order valence-electron chi connectivity index (χ2n) is 5.57. The number of carbonyl (C=O) groups excluding carboxylic acids is 1. The lowest BCUT2D eigenvalue weighted by molar-refractivity contribution is -0.120. The third kappa shape index (κ3) is 4.54. The minimum Gasteiger partial charge on any atom is -0.326 e. The molecular weight excluding hydrogens is 312 g/mol. The standard InChI is InChI=1S/C17H28N2O3S/c1-6-14(7-2)17(20)18-15-11-10-13(5)16(12-15)23(21,22)19(8-3)9-4/h10-12,14H,6-9H2,1-5H3,(H,18,20). The van der Waals surface area contributed by atoms with Gasteiger partial charge in [0.1, 0.15) is 0 Å². The van der Waals surface area contributed by atoms with Crippen molar-refractivity contribution >= 4 is 21.6 Å². The Morgan fingerprint density at radius 1 is 1.13 bits per heavy atom. The molecule has 0 aliphatic heterocycles. The van der Waals surface area contributed by atoms with E-state index in [-0.39, 0.29) is 16.7 Å². The van der Waals surface area contributed by atoms with Gasteiger partial charge >= 0.3 is 0 Å². The van der Waals surface area contributed by atoms with Crippen LogP contribution in [-0.2, 0) is 14.8 Å². The van der Waals surface area contributed by atoms with Gasteiger partial charge in [-0.25, -0.2) is 8.42 Å². The molecule has 1 N–H and O–H groups in total. The maximum atomic E-state index is 12.7. The molecule has 0 aliphatic carbocycles. The summed E-state index contributed by atoms with van der Waals surface area (Å²) in [6, 6.07) is 5.04. The number of sulfonamides is 1. The van der Waals surface area contributed by atoms with Crippen LogP contribution < -0.4 is 5.32 Å². The van der Waals surface area contributed by atoms with Gasteiger partial charge in [-0.05, 0) is 37.5 Å². The molecule has 0 atom stereocenters. The van der Waals surface area contributed by atoms with E-state index in [1.165, 1.54) is 4.31 Å². The van der Waals surface area contributed by atoms with Crippen LogP contribution in [0.25, 0.3) is 0 Å². The lowest BCUT2D eigenvalue weighted by atomic mass is 10.0. The summed E-state index contributed by atoms with van der Waals surface area (Å²) in [4.78, 5) is 12.4. The summed E-state index contributed by atoms with van der Waals surface area (Å²) in [5, 5.41) is 2.84. The molecule has 0 heterocycles. The van der Waals surface area contributed by atoms with Gasteiger partial charge in [0.05, 0.1) is 4.90 Å². The molecule has 1 aromatic carbocycles. The van der Waals surface area contributed by atoms with E-state index in [4.69, 9.17) is 0 Å². The minimum absolute atomic E-state index is 0.0563. The normalized spacial score (nSPS) is 12.0. The molecule has 1 rings (SSSR count). The molecule has 0 radical (unpaired) electrons. The van der Waals surface area contributed by atoms with Crippen LogP contribution in [0.5, 0.6) is 0 Å². The van der Waals surface area contributed by atoms with Gasteiger partial charge < -0.3 is 5.32 Å². The molecule has 1 amide bonds. The first-order chi connectivity index (χ1) is 10.8. The summed E-state index contributed by atoms with van der Waals surface area (Å²) in [7, 11) is -3.54. The molecule has 0 unspecified atom stereocenters. The van der Waals surface area contributed by atoms with E-state index in [0.717, 1.165) is 12.8 Å². The molecule has 5 nitrogen and oxygen atoms in total. The Morgan fingerprint density at radius 2 is 1.70 bits per heavy atom. The Labute approximate surface area is 140 Å². The molecule has 0 saturated heterocycles. The predicted octanol–water partition coefficient (Wildman–Crippen LogP) is 3.40. The van der Waals surface area contributed by atoms with Crippen molar-refractivity contribution in [1.29, 1.82) is 0 Å². The molecule has 1 aromatic rings. The molecule has 0 saturated carbocycles. The summed E-state index contributed by atoms with van der Waals surface area (Å²) in [5.41, 5.74) is 1.20. The van der Waals surface area contributed by atoms with E-state index in [9.17, 15) is 13.2 Å². The second-order valence-corrected chi connectivity index (χ2v) is 7.48. The van der Waals surface area contributed by atoms with Gasteiger partial charge in [-0.15, -0.1) is 0 Å². The summed E-state index contributed by atoms with van der Waals surface area (Å²) in [6.07, 6.45) is 1.53. The van der Waals surface area contributed by atoms with Crippen LogP contribution >= 0.6 is 0 Å². The lowest BCUT2D eigenvalue weighted by Crippen LogP contribution is -2.31. The van der Waals surface area contributed by atoms with Gasteiger partial charge in [-0.1, -0.05) is 33.8 Å². The van der Waals surface area contributed by atoms with E-state index >= 15 is 0 Å². The fraction of sp³-hybridized carbons (Fsp3) is 0.588. The van der Waals surface area contributed by atoms with Crippen molar-refractivity contribution < 1.29 is 13.2 Å². The highest BCUT2D eigenvalue weighted by Gasteiger charge is 2.24. The number of nitrogens with one attached hydrogen (secondary N) is 1. The van der Waals surface area contributed by atoms with E-state index in [2.05, 4.69) is 5.32 Å². The van der Waals surface area contributed by atoms with Crippen LogP contribution in [0, 0.1) is 12.8 Å². The smallest absolute Gasteiger partial charge is 0.243 e. The highest BCUT2D eigenvalue weighted by Crippen LogP contribution is 2.24. The quantitative estimate of drug-likeness (QED) is 0.789. The molecule has 0 aromatic heterocycles. The fourth-order valence-electron chi connectivity index (χ4n) is 2.56. The average molecular weight is 340 g/mol. The van der Waals surface area contributed by atoms with Gasteiger partial charge in [0.15, 0.2) is 0 Å². The first-order valence-electron chi connectivity index (χ1n) is 8.23. The number of nitrogens with zero attached hydrogens (tertiary/aromatic N) is 1. The second kappa shape index (κ2) is 8.45. The summed E-state index contributed by atoms with van der Waals surface area (Å²) in [6.45, 7) is 10.2. The highest BCUT2D eigenvalue weighted by molar-refractivity contribution is 7.89. The van der Waals surface area contributed by atoms with Crippen LogP contribution in [0.1, 0.15) is 46.1 Å². The van der Waals surface area contributed by atoms with Crippen molar-refractivity contribution in [3.63, 3.8) is 0 Å². The average Bonchev–Trinajstić information content (AvgIpc) is 2.51. The third-order valence-corrected chi connectivity index (χ3v) is 6.33. The highest BCUT2D eigenvalue weighted by atomic mass is 32.2. The van der Waals surface area contributed by atoms with Crippen molar-refractivity contribution in [2.24, 2.45) is 5.92 Å². The predicted molar refractivity (Wildman–Crippen MR) is 94.0 cm³/mol. The number of hydrogen-bond acceptors (Lipinski definition) is 3. The van der Waals surface area contributed by atoms with E-state index in [0.29, 0.717) is 24.3 Å². The van der Waals surface area contributed by atoms with Crippen LogP contribution in [0.3, 0.4) is 0 Å². The molecule has 130 valence electrons.